The summed E-state index contributed by atoms with van der Waals surface area (Å²) in [5.74, 6) is 1.99. The highest BCUT2D eigenvalue weighted by molar-refractivity contribution is 7.98. The van der Waals surface area contributed by atoms with Crippen molar-refractivity contribution >= 4 is 23.4 Å². The number of hydrogen-bond donors (Lipinski definition) is 0. The highest BCUT2D eigenvalue weighted by atomic mass is 35.5. The van der Waals surface area contributed by atoms with Gasteiger partial charge in [-0.2, -0.15) is 11.8 Å². The lowest BCUT2D eigenvalue weighted by Crippen LogP contribution is -2.13. The van der Waals surface area contributed by atoms with E-state index >= 15 is 0 Å². The summed E-state index contributed by atoms with van der Waals surface area (Å²) in [6.45, 7) is 4.41. The van der Waals surface area contributed by atoms with E-state index in [0.717, 1.165) is 5.88 Å². The molecule has 0 saturated carbocycles. The van der Waals surface area contributed by atoms with E-state index in [2.05, 4.69) is 20.1 Å². The van der Waals surface area contributed by atoms with E-state index in [1.807, 2.05) is 11.8 Å². The maximum atomic E-state index is 5.72. The van der Waals surface area contributed by atoms with Crippen LogP contribution in [-0.4, -0.2) is 17.9 Å². The minimum atomic E-state index is 0.338. The van der Waals surface area contributed by atoms with Gasteiger partial charge in [-0.1, -0.05) is 13.8 Å². The summed E-state index contributed by atoms with van der Waals surface area (Å²) in [6.07, 6.45) is 3.35. The molecule has 0 aliphatic carbocycles. The molecule has 0 bridgehead atoms. The molecule has 56 valence electrons. The Bertz CT molecular complexity index is 71.3. The van der Waals surface area contributed by atoms with Gasteiger partial charge in [-0.15, -0.1) is 11.6 Å². The second-order valence-electron chi connectivity index (χ2n) is 3.04. The van der Waals surface area contributed by atoms with Crippen LogP contribution in [0, 0.1) is 5.41 Å². The third kappa shape index (κ3) is 5.10. The van der Waals surface area contributed by atoms with Gasteiger partial charge >= 0.3 is 0 Å². The summed E-state index contributed by atoms with van der Waals surface area (Å²) >= 11 is 7.60. The zero-order valence-corrected chi connectivity index (χ0v) is 7.98. The zero-order valence-electron chi connectivity index (χ0n) is 6.41. The number of hydrogen-bond acceptors (Lipinski definition) is 1. The molecular formula is C7H15ClS. The summed E-state index contributed by atoms with van der Waals surface area (Å²) in [6, 6.07) is 0. The monoisotopic (exact) mass is 166 g/mol. The van der Waals surface area contributed by atoms with Gasteiger partial charge in [0, 0.05) is 5.88 Å². The molecule has 0 aromatic rings. The lowest BCUT2D eigenvalue weighted by Gasteiger charge is -2.19. The molecule has 0 fully saturated rings. The molecule has 0 atom stereocenters. The first-order chi connectivity index (χ1) is 4.12. The average molecular weight is 167 g/mol. The van der Waals surface area contributed by atoms with Gasteiger partial charge in [-0.3, -0.25) is 0 Å². The molecule has 0 amide bonds. The second-order valence-corrected chi connectivity index (χ2v) is 4.29. The lowest BCUT2D eigenvalue weighted by molar-refractivity contribution is 0.408. The number of thioether (sulfide) groups is 1. The lowest BCUT2D eigenvalue weighted by atomic mass is 9.93. The topological polar surface area (TPSA) is 0 Å². The van der Waals surface area contributed by atoms with Crippen molar-refractivity contribution < 1.29 is 0 Å². The molecule has 0 N–H and O–H groups in total. The minimum absolute atomic E-state index is 0.338. The molecule has 0 aliphatic heterocycles. The Hall–Kier alpha value is 0.640. The Morgan fingerprint density at radius 2 is 2.00 bits per heavy atom. The predicted molar refractivity (Wildman–Crippen MR) is 47.5 cm³/mol. The highest BCUT2D eigenvalue weighted by Gasteiger charge is 2.14. The Balaban J connectivity index is 3.33. The summed E-state index contributed by atoms with van der Waals surface area (Å²) in [5.41, 5.74) is 0.338. The van der Waals surface area contributed by atoms with Gasteiger partial charge in [0.25, 0.3) is 0 Å². The van der Waals surface area contributed by atoms with Crippen molar-refractivity contribution in [1.82, 2.24) is 0 Å². The standard InChI is InChI=1S/C7H15ClS/c1-7(2,6-8)4-5-9-3/h4-6H2,1-3H3. The first kappa shape index (κ1) is 9.64. The SMILES string of the molecule is CSCCC(C)(C)CCl. The van der Waals surface area contributed by atoms with Crippen molar-refractivity contribution in [3.8, 4) is 0 Å². The van der Waals surface area contributed by atoms with Crippen LogP contribution in [0.15, 0.2) is 0 Å². The van der Waals surface area contributed by atoms with E-state index in [4.69, 9.17) is 11.6 Å². The van der Waals surface area contributed by atoms with Gasteiger partial charge in [-0.05, 0) is 23.8 Å². The largest absolute Gasteiger partial charge is 0.165 e. The van der Waals surface area contributed by atoms with Crippen LogP contribution in [0.4, 0.5) is 0 Å². The van der Waals surface area contributed by atoms with Gasteiger partial charge in [-0.25, -0.2) is 0 Å². The van der Waals surface area contributed by atoms with E-state index < -0.39 is 0 Å². The van der Waals surface area contributed by atoms with Crippen LogP contribution in [0.5, 0.6) is 0 Å². The number of halogens is 1. The fourth-order valence-electron chi connectivity index (χ4n) is 0.445. The molecule has 0 radical (unpaired) electrons. The molecule has 0 saturated heterocycles. The van der Waals surface area contributed by atoms with Crippen LogP contribution in [0.25, 0.3) is 0 Å². The molecule has 9 heavy (non-hydrogen) atoms. The molecular weight excluding hydrogens is 152 g/mol. The Morgan fingerprint density at radius 3 is 2.33 bits per heavy atom. The molecule has 0 aromatic heterocycles. The number of rotatable bonds is 4. The van der Waals surface area contributed by atoms with E-state index in [-0.39, 0.29) is 0 Å². The predicted octanol–water partition coefficient (Wildman–Crippen LogP) is 3.00. The average Bonchev–Trinajstić information content (AvgIpc) is 1.84. The Morgan fingerprint density at radius 1 is 1.44 bits per heavy atom. The molecule has 0 nitrogen and oxygen atoms in total. The molecule has 0 aromatic carbocycles. The summed E-state index contributed by atoms with van der Waals surface area (Å²) in [4.78, 5) is 0. The normalized spacial score (nSPS) is 12.0. The van der Waals surface area contributed by atoms with Crippen LogP contribution in [0.2, 0.25) is 0 Å². The van der Waals surface area contributed by atoms with Crippen molar-refractivity contribution in [3.05, 3.63) is 0 Å². The van der Waals surface area contributed by atoms with Crippen molar-refractivity contribution in [1.29, 1.82) is 0 Å². The maximum Gasteiger partial charge on any atom is 0.0275 e. The summed E-state index contributed by atoms with van der Waals surface area (Å²) < 4.78 is 0. The summed E-state index contributed by atoms with van der Waals surface area (Å²) in [5, 5.41) is 0. The Labute approximate surface area is 67.4 Å². The smallest absolute Gasteiger partial charge is 0.0275 e. The van der Waals surface area contributed by atoms with Crippen LogP contribution < -0.4 is 0 Å². The van der Waals surface area contributed by atoms with Crippen LogP contribution in [-0.2, 0) is 0 Å². The quantitative estimate of drug-likeness (QED) is 0.579. The third-order valence-electron chi connectivity index (χ3n) is 1.34. The van der Waals surface area contributed by atoms with E-state index in [0.29, 0.717) is 5.41 Å². The minimum Gasteiger partial charge on any atom is -0.165 e. The first-order valence-corrected chi connectivity index (χ1v) is 5.10. The second kappa shape index (κ2) is 4.45. The van der Waals surface area contributed by atoms with Crippen LogP contribution in [0.3, 0.4) is 0 Å². The molecule has 0 unspecified atom stereocenters. The van der Waals surface area contributed by atoms with Crippen molar-refractivity contribution in [2.75, 3.05) is 17.9 Å². The maximum absolute atomic E-state index is 5.72. The van der Waals surface area contributed by atoms with E-state index in [1.54, 1.807) is 0 Å². The van der Waals surface area contributed by atoms with Crippen molar-refractivity contribution in [2.24, 2.45) is 5.41 Å². The van der Waals surface area contributed by atoms with Crippen LogP contribution >= 0.6 is 23.4 Å². The van der Waals surface area contributed by atoms with Gasteiger partial charge in [0.2, 0.25) is 0 Å². The van der Waals surface area contributed by atoms with E-state index in [1.165, 1.54) is 12.2 Å². The van der Waals surface area contributed by atoms with Gasteiger partial charge in [0.05, 0.1) is 0 Å². The zero-order chi connectivity index (χ0) is 7.33. The third-order valence-corrected chi connectivity index (χ3v) is 2.68. The van der Waals surface area contributed by atoms with Gasteiger partial charge in [0.15, 0.2) is 0 Å². The molecule has 0 heterocycles. The highest BCUT2D eigenvalue weighted by Crippen LogP contribution is 2.23. The van der Waals surface area contributed by atoms with Gasteiger partial charge < -0.3 is 0 Å². The molecule has 0 aliphatic rings. The van der Waals surface area contributed by atoms with E-state index in [9.17, 15) is 0 Å². The Kier molecular flexibility index (Phi) is 4.77. The summed E-state index contributed by atoms with van der Waals surface area (Å²) in [7, 11) is 0. The fraction of sp³-hybridized carbons (Fsp3) is 1.00. The van der Waals surface area contributed by atoms with Gasteiger partial charge in [0.1, 0.15) is 0 Å². The fourth-order valence-corrected chi connectivity index (χ4v) is 1.34. The van der Waals surface area contributed by atoms with Crippen molar-refractivity contribution in [3.63, 3.8) is 0 Å². The molecule has 0 spiro atoms. The molecule has 2 heteroatoms. The van der Waals surface area contributed by atoms with Crippen LogP contribution in [0.1, 0.15) is 20.3 Å². The van der Waals surface area contributed by atoms with Crippen molar-refractivity contribution in [2.45, 2.75) is 20.3 Å². The number of alkyl halides is 1. The molecule has 0 rings (SSSR count). The first-order valence-electron chi connectivity index (χ1n) is 3.17.